The van der Waals surface area contributed by atoms with E-state index in [0.29, 0.717) is 11.8 Å². The van der Waals surface area contributed by atoms with Gasteiger partial charge >= 0.3 is 0 Å². The monoisotopic (exact) mass is 306 g/mol. The van der Waals surface area contributed by atoms with Crippen molar-refractivity contribution in [1.29, 1.82) is 0 Å². The zero-order chi connectivity index (χ0) is 16.2. The summed E-state index contributed by atoms with van der Waals surface area (Å²) in [5.74, 6) is 2.14. The Kier molecular flexibility index (Phi) is 3.37. The number of pyridine rings is 1. The molecule has 1 aromatic carbocycles. The fourth-order valence-corrected chi connectivity index (χ4v) is 4.63. The number of fused-ring (bicyclic) bond motifs is 3. The third-order valence-electron chi connectivity index (χ3n) is 6.05. The molecule has 23 heavy (non-hydrogen) atoms. The third-order valence-corrected chi connectivity index (χ3v) is 6.05. The predicted octanol–water partition coefficient (Wildman–Crippen LogP) is 5.40. The summed E-state index contributed by atoms with van der Waals surface area (Å²) in [6.45, 7) is 9.60. The SMILES string of the molecule is CC1CC(C)(C)[n+]2cccc(C(C)C3CC3)c2-c2ccccc21. The van der Waals surface area contributed by atoms with Gasteiger partial charge in [-0.05, 0) is 48.3 Å². The lowest BCUT2D eigenvalue weighted by molar-refractivity contribution is -0.749. The standard InChI is InChI=1S/C22H28N/c1-15-14-22(3,4)23-13-7-10-19(16(2)17-11-12-17)21(23)20-9-6-5-8-18(15)20/h5-10,13,15-17H,11-12,14H2,1-4H3/q+1. The summed E-state index contributed by atoms with van der Waals surface area (Å²) >= 11 is 0. The molecule has 0 spiro atoms. The minimum Gasteiger partial charge on any atom is -0.193 e. The molecule has 0 saturated heterocycles. The van der Waals surface area contributed by atoms with E-state index in [9.17, 15) is 0 Å². The van der Waals surface area contributed by atoms with Crippen molar-refractivity contribution < 1.29 is 4.57 Å². The summed E-state index contributed by atoms with van der Waals surface area (Å²) in [5.41, 5.74) is 6.13. The van der Waals surface area contributed by atoms with Gasteiger partial charge in [0.05, 0.1) is 0 Å². The molecule has 0 N–H and O–H groups in total. The van der Waals surface area contributed by atoms with Gasteiger partial charge in [0.25, 0.3) is 0 Å². The van der Waals surface area contributed by atoms with E-state index >= 15 is 0 Å². The first-order chi connectivity index (χ1) is 11.0. The van der Waals surface area contributed by atoms with Gasteiger partial charge in [0.1, 0.15) is 0 Å². The van der Waals surface area contributed by atoms with E-state index in [4.69, 9.17) is 0 Å². The Labute approximate surface area is 140 Å². The van der Waals surface area contributed by atoms with Crippen molar-refractivity contribution >= 4 is 0 Å². The van der Waals surface area contributed by atoms with Gasteiger partial charge in [0.2, 0.25) is 5.69 Å². The molecule has 1 aliphatic heterocycles. The molecule has 120 valence electrons. The Morgan fingerprint density at radius 1 is 1.09 bits per heavy atom. The summed E-state index contributed by atoms with van der Waals surface area (Å²) < 4.78 is 2.56. The van der Waals surface area contributed by atoms with Crippen LogP contribution in [-0.2, 0) is 5.54 Å². The summed E-state index contributed by atoms with van der Waals surface area (Å²) in [7, 11) is 0. The molecule has 0 radical (unpaired) electrons. The summed E-state index contributed by atoms with van der Waals surface area (Å²) in [6, 6.07) is 13.7. The molecule has 1 nitrogen and oxygen atoms in total. The van der Waals surface area contributed by atoms with Crippen molar-refractivity contribution in [1.82, 2.24) is 0 Å². The van der Waals surface area contributed by atoms with Crippen LogP contribution in [0.1, 0.15) is 69.9 Å². The van der Waals surface area contributed by atoms with Crippen molar-refractivity contribution in [3.05, 3.63) is 53.7 Å². The average Bonchev–Trinajstić information content (AvgIpc) is 3.37. The smallest absolute Gasteiger partial charge is 0.193 e. The lowest BCUT2D eigenvalue weighted by atomic mass is 9.86. The van der Waals surface area contributed by atoms with Crippen LogP contribution < -0.4 is 4.57 Å². The van der Waals surface area contributed by atoms with Crippen LogP contribution in [0.15, 0.2) is 42.6 Å². The van der Waals surface area contributed by atoms with Crippen LogP contribution in [-0.4, -0.2) is 0 Å². The first-order valence-electron chi connectivity index (χ1n) is 9.13. The van der Waals surface area contributed by atoms with Crippen LogP contribution >= 0.6 is 0 Å². The number of hydrogen-bond donors (Lipinski definition) is 0. The van der Waals surface area contributed by atoms with Gasteiger partial charge in [0, 0.05) is 37.5 Å². The van der Waals surface area contributed by atoms with Crippen LogP contribution in [0.4, 0.5) is 0 Å². The highest BCUT2D eigenvalue weighted by atomic mass is 15.0. The molecular formula is C22H28N+. The highest BCUT2D eigenvalue weighted by Gasteiger charge is 2.41. The predicted molar refractivity (Wildman–Crippen MR) is 95.6 cm³/mol. The average molecular weight is 306 g/mol. The molecule has 1 saturated carbocycles. The van der Waals surface area contributed by atoms with Gasteiger partial charge in [-0.1, -0.05) is 32.0 Å². The van der Waals surface area contributed by atoms with E-state index in [1.165, 1.54) is 36.1 Å². The lowest BCUT2D eigenvalue weighted by Crippen LogP contribution is -2.53. The number of nitrogens with zero attached hydrogens (tertiary/aromatic N) is 1. The van der Waals surface area contributed by atoms with Crippen LogP contribution in [0.5, 0.6) is 0 Å². The van der Waals surface area contributed by atoms with E-state index in [-0.39, 0.29) is 5.54 Å². The normalized spacial score (nSPS) is 23.6. The van der Waals surface area contributed by atoms with Gasteiger partial charge in [0.15, 0.2) is 11.7 Å². The highest BCUT2D eigenvalue weighted by Crippen LogP contribution is 2.46. The molecule has 2 atom stereocenters. The fraction of sp³-hybridized carbons (Fsp3) is 0.500. The second-order valence-corrected chi connectivity index (χ2v) is 8.31. The zero-order valence-electron chi connectivity index (χ0n) is 14.8. The van der Waals surface area contributed by atoms with Crippen molar-refractivity contribution in [3.63, 3.8) is 0 Å². The number of rotatable bonds is 2. The van der Waals surface area contributed by atoms with E-state index in [0.717, 1.165) is 5.92 Å². The minimum absolute atomic E-state index is 0.146. The fourth-order valence-electron chi connectivity index (χ4n) is 4.63. The van der Waals surface area contributed by atoms with Gasteiger partial charge in [-0.25, -0.2) is 0 Å². The molecule has 1 fully saturated rings. The van der Waals surface area contributed by atoms with Crippen molar-refractivity contribution in [2.24, 2.45) is 5.92 Å². The Bertz CT molecular complexity index is 739. The van der Waals surface area contributed by atoms with Crippen LogP contribution in [0.25, 0.3) is 11.3 Å². The molecule has 0 amide bonds. The molecule has 2 heterocycles. The van der Waals surface area contributed by atoms with Crippen LogP contribution in [0.2, 0.25) is 0 Å². The molecule has 2 unspecified atom stereocenters. The van der Waals surface area contributed by atoms with Crippen LogP contribution in [0, 0.1) is 5.92 Å². The Balaban J connectivity index is 2.01. The first-order valence-corrected chi connectivity index (χ1v) is 9.13. The summed E-state index contributed by atoms with van der Waals surface area (Å²) in [6.07, 6.45) is 6.28. The maximum atomic E-state index is 2.56. The molecule has 1 aliphatic carbocycles. The minimum atomic E-state index is 0.146. The number of benzene rings is 1. The number of hydrogen-bond acceptors (Lipinski definition) is 0. The van der Waals surface area contributed by atoms with Gasteiger partial charge in [-0.3, -0.25) is 0 Å². The maximum Gasteiger partial charge on any atom is 0.216 e. The summed E-state index contributed by atoms with van der Waals surface area (Å²) in [4.78, 5) is 0. The van der Waals surface area contributed by atoms with Gasteiger partial charge < -0.3 is 0 Å². The third kappa shape index (κ3) is 2.41. The summed E-state index contributed by atoms with van der Waals surface area (Å²) in [5, 5.41) is 0. The maximum absolute atomic E-state index is 2.56. The Hall–Kier alpha value is -1.63. The topological polar surface area (TPSA) is 3.88 Å². The lowest BCUT2D eigenvalue weighted by Gasteiger charge is -2.23. The molecule has 4 rings (SSSR count). The van der Waals surface area contributed by atoms with Crippen molar-refractivity contribution in [2.75, 3.05) is 0 Å². The Morgan fingerprint density at radius 3 is 2.57 bits per heavy atom. The van der Waals surface area contributed by atoms with Crippen molar-refractivity contribution in [3.8, 4) is 11.3 Å². The molecular weight excluding hydrogens is 278 g/mol. The van der Waals surface area contributed by atoms with Crippen LogP contribution in [0.3, 0.4) is 0 Å². The second-order valence-electron chi connectivity index (χ2n) is 8.31. The highest BCUT2D eigenvalue weighted by molar-refractivity contribution is 5.66. The first kappa shape index (κ1) is 14.9. The van der Waals surface area contributed by atoms with E-state index < -0.39 is 0 Å². The Morgan fingerprint density at radius 2 is 1.83 bits per heavy atom. The quantitative estimate of drug-likeness (QED) is 0.654. The molecule has 2 aromatic rings. The second kappa shape index (κ2) is 5.19. The van der Waals surface area contributed by atoms with Gasteiger partial charge in [-0.15, -0.1) is 0 Å². The molecule has 1 heteroatoms. The van der Waals surface area contributed by atoms with E-state index in [1.807, 2.05) is 0 Å². The van der Waals surface area contributed by atoms with E-state index in [2.05, 4.69) is 74.9 Å². The molecule has 0 bridgehead atoms. The molecule has 1 aromatic heterocycles. The van der Waals surface area contributed by atoms with Crippen molar-refractivity contribution in [2.45, 2.75) is 64.3 Å². The largest absolute Gasteiger partial charge is 0.216 e. The zero-order valence-corrected chi connectivity index (χ0v) is 14.8. The van der Waals surface area contributed by atoms with Gasteiger partial charge in [-0.2, -0.15) is 4.57 Å². The van der Waals surface area contributed by atoms with E-state index in [1.54, 1.807) is 5.56 Å². The number of aromatic nitrogens is 1. The molecule has 2 aliphatic rings.